The molecule has 0 bridgehead atoms. The molecule has 0 aliphatic heterocycles. The lowest BCUT2D eigenvalue weighted by atomic mass is 9.98. The molecule has 1 amide bonds. The van der Waals surface area contributed by atoms with Gasteiger partial charge in [0.15, 0.2) is 0 Å². The maximum absolute atomic E-state index is 11.3. The van der Waals surface area contributed by atoms with Gasteiger partial charge in [0.25, 0.3) is 0 Å². The molecule has 17 heavy (non-hydrogen) atoms. The van der Waals surface area contributed by atoms with Crippen molar-refractivity contribution in [1.29, 1.82) is 0 Å². The highest BCUT2D eigenvalue weighted by atomic mass is 16.1. The molecule has 0 saturated heterocycles. The summed E-state index contributed by atoms with van der Waals surface area (Å²) in [7, 11) is 0. The van der Waals surface area contributed by atoms with Gasteiger partial charge in [-0.05, 0) is 19.3 Å². The van der Waals surface area contributed by atoms with E-state index in [-0.39, 0.29) is 6.04 Å². The number of primary amides is 1. The van der Waals surface area contributed by atoms with Crippen molar-refractivity contribution in [2.75, 3.05) is 0 Å². The molecule has 1 aliphatic rings. The molecular formula is C12H20N4O. The highest BCUT2D eigenvalue weighted by Gasteiger charge is 2.41. The molecule has 4 N–H and O–H groups in total. The molecule has 0 aromatic carbocycles. The maximum Gasteiger partial charge on any atom is 0.237 e. The molecule has 1 fully saturated rings. The quantitative estimate of drug-likeness (QED) is 0.818. The lowest BCUT2D eigenvalue weighted by Crippen LogP contribution is -2.49. The van der Waals surface area contributed by atoms with Crippen molar-refractivity contribution in [2.24, 2.45) is 11.5 Å². The second-order valence-electron chi connectivity index (χ2n) is 5.26. The van der Waals surface area contributed by atoms with Gasteiger partial charge in [-0.1, -0.05) is 13.8 Å². The van der Waals surface area contributed by atoms with Gasteiger partial charge in [0.2, 0.25) is 5.91 Å². The number of imidazole rings is 1. The van der Waals surface area contributed by atoms with Crippen molar-refractivity contribution in [2.45, 2.75) is 50.6 Å². The van der Waals surface area contributed by atoms with Gasteiger partial charge in [0.1, 0.15) is 5.82 Å². The lowest BCUT2D eigenvalue weighted by Gasteiger charge is -2.21. The summed E-state index contributed by atoms with van der Waals surface area (Å²) in [5.74, 6) is 1.02. The Labute approximate surface area is 101 Å². The number of rotatable bonds is 3. The first kappa shape index (κ1) is 12.1. The Morgan fingerprint density at radius 2 is 2.35 bits per heavy atom. The summed E-state index contributed by atoms with van der Waals surface area (Å²) in [5, 5.41) is 0. The molecular weight excluding hydrogens is 216 g/mol. The molecule has 2 atom stereocenters. The Morgan fingerprint density at radius 3 is 2.88 bits per heavy atom. The zero-order valence-corrected chi connectivity index (χ0v) is 10.4. The Hall–Kier alpha value is -1.36. The minimum Gasteiger partial charge on any atom is -0.368 e. The van der Waals surface area contributed by atoms with Crippen molar-refractivity contribution < 1.29 is 4.79 Å². The second-order valence-corrected chi connectivity index (χ2v) is 5.26. The highest BCUT2D eigenvalue weighted by Crippen LogP contribution is 2.37. The largest absolute Gasteiger partial charge is 0.368 e. The molecule has 2 unspecified atom stereocenters. The van der Waals surface area contributed by atoms with E-state index in [1.165, 1.54) is 0 Å². The Kier molecular flexibility index (Phi) is 2.95. The topological polar surface area (TPSA) is 86.9 Å². The van der Waals surface area contributed by atoms with E-state index in [0.717, 1.165) is 12.2 Å². The normalized spacial score (nSPS) is 28.8. The summed E-state index contributed by atoms with van der Waals surface area (Å²) in [6, 6.07) is 0.243. The predicted octanol–water partition coefficient (Wildman–Crippen LogP) is 0.914. The number of carbonyl (C=O) groups is 1. The molecule has 0 spiro atoms. The van der Waals surface area contributed by atoms with Crippen LogP contribution in [0.25, 0.3) is 0 Å². The second kappa shape index (κ2) is 4.14. The maximum atomic E-state index is 11.3. The minimum absolute atomic E-state index is 0.243. The third-order valence-corrected chi connectivity index (χ3v) is 3.62. The number of carbonyl (C=O) groups excluding carboxylic acids is 1. The van der Waals surface area contributed by atoms with E-state index in [2.05, 4.69) is 23.4 Å². The van der Waals surface area contributed by atoms with Crippen LogP contribution in [0, 0.1) is 0 Å². The van der Waals surface area contributed by atoms with Crippen molar-refractivity contribution in [3.05, 3.63) is 18.2 Å². The van der Waals surface area contributed by atoms with Gasteiger partial charge in [-0.2, -0.15) is 0 Å². The van der Waals surface area contributed by atoms with Gasteiger partial charge >= 0.3 is 0 Å². The molecule has 1 aliphatic carbocycles. The molecule has 1 heterocycles. The average Bonchev–Trinajstić information content (AvgIpc) is 2.83. The van der Waals surface area contributed by atoms with Gasteiger partial charge in [-0.3, -0.25) is 4.79 Å². The number of hydrogen-bond acceptors (Lipinski definition) is 3. The van der Waals surface area contributed by atoms with Crippen molar-refractivity contribution in [3.8, 4) is 0 Å². The minimum atomic E-state index is -0.844. The van der Waals surface area contributed by atoms with Gasteiger partial charge < -0.3 is 16.0 Å². The Morgan fingerprint density at radius 1 is 1.65 bits per heavy atom. The van der Waals surface area contributed by atoms with Crippen LogP contribution in [0.4, 0.5) is 0 Å². The number of aromatic nitrogens is 2. The average molecular weight is 236 g/mol. The van der Waals surface area contributed by atoms with Crippen LogP contribution in [-0.4, -0.2) is 21.0 Å². The molecule has 2 rings (SSSR count). The standard InChI is InChI=1S/C12H20N4O/c1-8(2)10-15-5-6-16(10)9-3-4-12(14,7-9)11(13)17/h5-6,8-9H,3-4,7,14H2,1-2H3,(H2,13,17). The van der Waals surface area contributed by atoms with Crippen molar-refractivity contribution in [3.63, 3.8) is 0 Å². The van der Waals surface area contributed by atoms with Crippen LogP contribution in [0.5, 0.6) is 0 Å². The molecule has 1 aromatic heterocycles. The van der Waals surface area contributed by atoms with Crippen LogP contribution in [0.3, 0.4) is 0 Å². The number of nitrogens with two attached hydrogens (primary N) is 2. The van der Waals surface area contributed by atoms with Crippen LogP contribution in [0.15, 0.2) is 12.4 Å². The molecule has 5 heteroatoms. The third-order valence-electron chi connectivity index (χ3n) is 3.62. The van der Waals surface area contributed by atoms with Crippen LogP contribution < -0.4 is 11.5 Å². The van der Waals surface area contributed by atoms with E-state index in [0.29, 0.717) is 18.8 Å². The smallest absolute Gasteiger partial charge is 0.237 e. The molecule has 0 radical (unpaired) electrons. The van der Waals surface area contributed by atoms with E-state index < -0.39 is 11.4 Å². The fourth-order valence-electron chi connectivity index (χ4n) is 2.59. The van der Waals surface area contributed by atoms with E-state index in [4.69, 9.17) is 11.5 Å². The van der Waals surface area contributed by atoms with Crippen LogP contribution >= 0.6 is 0 Å². The van der Waals surface area contributed by atoms with Gasteiger partial charge in [-0.25, -0.2) is 4.98 Å². The highest BCUT2D eigenvalue weighted by molar-refractivity contribution is 5.84. The first-order chi connectivity index (χ1) is 7.94. The van der Waals surface area contributed by atoms with E-state index in [9.17, 15) is 4.79 Å². The fourth-order valence-corrected chi connectivity index (χ4v) is 2.59. The molecule has 1 saturated carbocycles. The Bertz CT molecular complexity index is 426. The first-order valence-electron chi connectivity index (χ1n) is 6.05. The van der Waals surface area contributed by atoms with Crippen molar-refractivity contribution >= 4 is 5.91 Å². The van der Waals surface area contributed by atoms with Crippen LogP contribution in [0.1, 0.15) is 50.9 Å². The van der Waals surface area contributed by atoms with Gasteiger partial charge in [-0.15, -0.1) is 0 Å². The van der Waals surface area contributed by atoms with E-state index in [1.807, 2.05) is 6.20 Å². The summed E-state index contributed by atoms with van der Waals surface area (Å²) < 4.78 is 2.14. The Balaban J connectivity index is 2.21. The third kappa shape index (κ3) is 2.07. The first-order valence-corrected chi connectivity index (χ1v) is 6.05. The summed E-state index contributed by atoms with van der Waals surface area (Å²) in [5.41, 5.74) is 10.5. The van der Waals surface area contributed by atoms with Crippen LogP contribution in [-0.2, 0) is 4.79 Å². The summed E-state index contributed by atoms with van der Waals surface area (Å²) >= 11 is 0. The molecule has 1 aromatic rings. The molecule has 94 valence electrons. The lowest BCUT2D eigenvalue weighted by molar-refractivity contribution is -0.123. The monoisotopic (exact) mass is 236 g/mol. The summed E-state index contributed by atoms with van der Waals surface area (Å²) in [6.07, 6.45) is 5.92. The summed E-state index contributed by atoms with van der Waals surface area (Å²) in [4.78, 5) is 15.7. The van der Waals surface area contributed by atoms with Crippen LogP contribution in [0.2, 0.25) is 0 Å². The van der Waals surface area contributed by atoms with Crippen molar-refractivity contribution in [1.82, 2.24) is 9.55 Å². The summed E-state index contributed by atoms with van der Waals surface area (Å²) in [6.45, 7) is 4.22. The zero-order valence-electron chi connectivity index (χ0n) is 10.4. The van der Waals surface area contributed by atoms with E-state index in [1.54, 1.807) is 6.20 Å². The molecule has 5 nitrogen and oxygen atoms in total. The SMILES string of the molecule is CC(C)c1nccn1C1CCC(N)(C(N)=O)C1. The number of nitrogens with zero attached hydrogens (tertiary/aromatic N) is 2. The predicted molar refractivity (Wildman–Crippen MR) is 65.3 cm³/mol. The number of amides is 1. The van der Waals surface area contributed by atoms with Gasteiger partial charge in [0, 0.05) is 24.4 Å². The zero-order chi connectivity index (χ0) is 12.6. The fraction of sp³-hybridized carbons (Fsp3) is 0.667. The van der Waals surface area contributed by atoms with Gasteiger partial charge in [0.05, 0.1) is 5.54 Å². The number of hydrogen-bond donors (Lipinski definition) is 2. The van der Waals surface area contributed by atoms with E-state index >= 15 is 0 Å².